The van der Waals surface area contributed by atoms with Crippen LogP contribution >= 0.6 is 0 Å². The number of aldehydes is 1. The number of carbonyl (C=O) groups excluding carboxylic acids is 1. The highest BCUT2D eigenvalue weighted by atomic mass is 16.5. The molecule has 0 aromatic carbocycles. The minimum absolute atomic E-state index is 0.390. The van der Waals surface area contributed by atoms with E-state index in [0.717, 1.165) is 42.6 Å². The fourth-order valence-electron chi connectivity index (χ4n) is 2.57. The molecule has 0 aliphatic heterocycles. The number of rotatable bonds is 9. The van der Waals surface area contributed by atoms with Gasteiger partial charge < -0.3 is 14.3 Å². The van der Waals surface area contributed by atoms with Gasteiger partial charge in [-0.1, -0.05) is 6.08 Å². The number of aryl methyl sites for hydroxylation is 2. The summed E-state index contributed by atoms with van der Waals surface area (Å²) >= 11 is 0. The maximum atomic E-state index is 10.9. The van der Waals surface area contributed by atoms with Gasteiger partial charge in [0.15, 0.2) is 0 Å². The van der Waals surface area contributed by atoms with E-state index in [1.807, 2.05) is 6.92 Å². The van der Waals surface area contributed by atoms with Gasteiger partial charge in [-0.15, -0.1) is 6.58 Å². The summed E-state index contributed by atoms with van der Waals surface area (Å²) in [6.45, 7) is 6.54. The molecule has 5 heteroatoms. The molecule has 5 nitrogen and oxygen atoms in total. The van der Waals surface area contributed by atoms with Crippen molar-refractivity contribution in [1.82, 2.24) is 9.97 Å². The minimum atomic E-state index is -0.418. The van der Waals surface area contributed by atoms with Gasteiger partial charge in [0, 0.05) is 19.4 Å². The van der Waals surface area contributed by atoms with Crippen LogP contribution in [-0.4, -0.2) is 35.6 Å². The van der Waals surface area contributed by atoms with Gasteiger partial charge in [-0.3, -0.25) is 0 Å². The second kappa shape index (κ2) is 8.63. The molecule has 0 amide bonds. The molecule has 0 fully saturated rings. The number of fused-ring (bicyclic) bond motifs is 1. The van der Waals surface area contributed by atoms with Gasteiger partial charge in [-0.05, 0) is 32.6 Å². The smallest absolute Gasteiger partial charge is 0.236 e. The number of hydrogen-bond acceptors (Lipinski definition) is 5. The van der Waals surface area contributed by atoms with Gasteiger partial charge >= 0.3 is 0 Å². The van der Waals surface area contributed by atoms with Crippen LogP contribution in [0.25, 0.3) is 0 Å². The van der Waals surface area contributed by atoms with E-state index in [2.05, 4.69) is 11.6 Å². The van der Waals surface area contributed by atoms with Crippen LogP contribution in [0.3, 0.4) is 0 Å². The zero-order valence-electron chi connectivity index (χ0n) is 13.2. The number of allylic oxidation sites excluding steroid dienone is 1. The molecule has 1 aromatic heterocycles. The van der Waals surface area contributed by atoms with Crippen LogP contribution in [0.4, 0.5) is 0 Å². The highest BCUT2D eigenvalue weighted by Crippen LogP contribution is 2.23. The van der Waals surface area contributed by atoms with Crippen molar-refractivity contribution in [1.29, 1.82) is 0 Å². The molecule has 1 atom stereocenters. The fraction of sp³-hybridized carbons (Fsp3) is 0.588. The third-order valence-corrected chi connectivity index (χ3v) is 3.67. The Kier molecular flexibility index (Phi) is 6.52. The lowest BCUT2D eigenvalue weighted by atomic mass is 10.0. The Morgan fingerprint density at radius 1 is 1.27 bits per heavy atom. The minimum Gasteiger partial charge on any atom is -0.476 e. The lowest BCUT2D eigenvalue weighted by Crippen LogP contribution is -2.19. The van der Waals surface area contributed by atoms with Gasteiger partial charge in [-0.25, -0.2) is 9.97 Å². The van der Waals surface area contributed by atoms with Gasteiger partial charge in [0.25, 0.3) is 0 Å². The van der Waals surface area contributed by atoms with Crippen molar-refractivity contribution >= 4 is 6.29 Å². The molecule has 0 radical (unpaired) electrons. The van der Waals surface area contributed by atoms with Gasteiger partial charge in [0.05, 0.1) is 18.0 Å². The van der Waals surface area contributed by atoms with Crippen LogP contribution < -0.4 is 4.74 Å². The molecule has 1 aromatic rings. The lowest BCUT2D eigenvalue weighted by Gasteiger charge is -2.18. The van der Waals surface area contributed by atoms with Gasteiger partial charge in [0.2, 0.25) is 5.88 Å². The number of nitrogens with zero attached hydrogens (tertiary/aromatic N) is 2. The Hall–Kier alpha value is -1.75. The molecule has 0 bridgehead atoms. The summed E-state index contributed by atoms with van der Waals surface area (Å²) < 4.78 is 11.1. The van der Waals surface area contributed by atoms with E-state index >= 15 is 0 Å². The molecule has 1 unspecified atom stereocenters. The second-order valence-corrected chi connectivity index (χ2v) is 5.34. The normalized spacial score (nSPS) is 15.0. The highest BCUT2D eigenvalue weighted by molar-refractivity contribution is 5.55. The summed E-state index contributed by atoms with van der Waals surface area (Å²) in [6.07, 6.45) is 7.63. The molecule has 1 heterocycles. The third kappa shape index (κ3) is 4.37. The molecule has 0 spiro atoms. The molecule has 1 aliphatic carbocycles. The van der Waals surface area contributed by atoms with E-state index in [-0.39, 0.29) is 0 Å². The van der Waals surface area contributed by atoms with E-state index in [9.17, 15) is 4.79 Å². The van der Waals surface area contributed by atoms with E-state index in [1.165, 1.54) is 6.42 Å². The SMILES string of the molecule is C=CCc1nc2c(nc1OCCC(C=O)OCC)CCCC2. The second-order valence-electron chi connectivity index (χ2n) is 5.34. The number of carbonyl (C=O) groups is 1. The lowest BCUT2D eigenvalue weighted by molar-refractivity contribution is -0.118. The standard InChI is InChI=1S/C17H24N2O3/c1-3-7-16-17(22-11-10-13(12-20)21-4-2)19-15-9-6-5-8-14(15)18-16/h3,12-13H,1,4-11H2,2H3. The van der Waals surface area contributed by atoms with Gasteiger partial charge in [0.1, 0.15) is 18.1 Å². The molecule has 120 valence electrons. The van der Waals surface area contributed by atoms with Crippen molar-refractivity contribution in [3.8, 4) is 5.88 Å². The Labute approximate surface area is 131 Å². The summed E-state index contributed by atoms with van der Waals surface area (Å²) in [6, 6.07) is 0. The first-order valence-corrected chi connectivity index (χ1v) is 7.97. The summed E-state index contributed by atoms with van der Waals surface area (Å²) in [4.78, 5) is 20.2. The van der Waals surface area contributed by atoms with Crippen LogP contribution in [0.2, 0.25) is 0 Å². The molecular weight excluding hydrogens is 280 g/mol. The summed E-state index contributed by atoms with van der Waals surface area (Å²) in [5.41, 5.74) is 2.97. The fourth-order valence-corrected chi connectivity index (χ4v) is 2.57. The Morgan fingerprint density at radius 3 is 2.64 bits per heavy atom. The Balaban J connectivity index is 2.04. The maximum Gasteiger partial charge on any atom is 0.236 e. The average molecular weight is 304 g/mol. The number of ether oxygens (including phenoxy) is 2. The molecule has 0 saturated heterocycles. The zero-order chi connectivity index (χ0) is 15.8. The monoisotopic (exact) mass is 304 g/mol. The van der Waals surface area contributed by atoms with E-state index in [1.54, 1.807) is 6.08 Å². The molecule has 0 saturated carbocycles. The number of hydrogen-bond donors (Lipinski definition) is 0. The molecule has 1 aliphatic rings. The van der Waals surface area contributed by atoms with Crippen LogP contribution in [0.1, 0.15) is 43.3 Å². The topological polar surface area (TPSA) is 61.3 Å². The molecule has 2 rings (SSSR count). The van der Waals surface area contributed by atoms with Crippen molar-refractivity contribution < 1.29 is 14.3 Å². The van der Waals surface area contributed by atoms with E-state index in [0.29, 0.717) is 31.9 Å². The van der Waals surface area contributed by atoms with Crippen LogP contribution in [0, 0.1) is 0 Å². The maximum absolute atomic E-state index is 10.9. The first kappa shape index (κ1) is 16.6. The third-order valence-electron chi connectivity index (χ3n) is 3.67. The van der Waals surface area contributed by atoms with Crippen molar-refractivity contribution in [3.63, 3.8) is 0 Å². The van der Waals surface area contributed by atoms with Crippen LogP contribution in [0.5, 0.6) is 5.88 Å². The summed E-state index contributed by atoms with van der Waals surface area (Å²) in [7, 11) is 0. The van der Waals surface area contributed by atoms with Crippen LogP contribution in [0.15, 0.2) is 12.7 Å². The Morgan fingerprint density at radius 2 is 2.00 bits per heavy atom. The van der Waals surface area contributed by atoms with Crippen molar-refractivity contribution in [2.45, 2.75) is 51.6 Å². The summed E-state index contributed by atoms with van der Waals surface area (Å²) in [5.74, 6) is 0.571. The number of aromatic nitrogens is 2. The Bertz CT molecular complexity index is 517. The average Bonchev–Trinajstić information content (AvgIpc) is 2.54. The first-order valence-electron chi connectivity index (χ1n) is 7.97. The predicted molar refractivity (Wildman–Crippen MR) is 84.2 cm³/mol. The van der Waals surface area contributed by atoms with Crippen LogP contribution in [-0.2, 0) is 28.8 Å². The van der Waals surface area contributed by atoms with Gasteiger partial charge in [-0.2, -0.15) is 0 Å². The molecule has 0 N–H and O–H groups in total. The van der Waals surface area contributed by atoms with E-state index < -0.39 is 6.10 Å². The van der Waals surface area contributed by atoms with Crippen molar-refractivity contribution in [2.75, 3.05) is 13.2 Å². The largest absolute Gasteiger partial charge is 0.476 e. The highest BCUT2D eigenvalue weighted by Gasteiger charge is 2.17. The molecular formula is C17H24N2O3. The first-order chi connectivity index (χ1) is 10.8. The quantitative estimate of drug-likeness (QED) is 0.518. The molecule has 22 heavy (non-hydrogen) atoms. The van der Waals surface area contributed by atoms with Crippen molar-refractivity contribution in [2.24, 2.45) is 0 Å². The summed E-state index contributed by atoms with van der Waals surface area (Å²) in [5, 5.41) is 0. The zero-order valence-corrected chi connectivity index (χ0v) is 13.2. The van der Waals surface area contributed by atoms with Crippen molar-refractivity contribution in [3.05, 3.63) is 29.7 Å². The van der Waals surface area contributed by atoms with E-state index in [4.69, 9.17) is 14.5 Å². The predicted octanol–water partition coefficient (Wildman–Crippen LogP) is 2.46.